The summed E-state index contributed by atoms with van der Waals surface area (Å²) in [5.41, 5.74) is 0. The first-order chi connectivity index (χ1) is 8.52. The predicted octanol–water partition coefficient (Wildman–Crippen LogP) is 3.87. The number of nitrogens with one attached hydrogen (secondary N) is 1. The first-order valence-electron chi connectivity index (χ1n) is 6.36. The van der Waals surface area contributed by atoms with Crippen LogP contribution in [0.15, 0.2) is 10.7 Å². The summed E-state index contributed by atoms with van der Waals surface area (Å²) in [4.78, 5) is 8.50. The summed E-state index contributed by atoms with van der Waals surface area (Å²) in [6.07, 6.45) is 5.31. The van der Waals surface area contributed by atoms with Crippen LogP contribution in [-0.2, 0) is 0 Å². The molecular formula is C13H22BrN3O. The van der Waals surface area contributed by atoms with Crippen LogP contribution in [0.4, 0.5) is 5.95 Å². The lowest BCUT2D eigenvalue weighted by molar-refractivity contribution is 0.394. The van der Waals surface area contributed by atoms with Crippen LogP contribution in [0.1, 0.15) is 40.0 Å². The second-order valence-electron chi connectivity index (χ2n) is 4.92. The van der Waals surface area contributed by atoms with Gasteiger partial charge in [0.15, 0.2) is 0 Å². The number of anilines is 1. The van der Waals surface area contributed by atoms with Crippen molar-refractivity contribution in [3.63, 3.8) is 0 Å². The van der Waals surface area contributed by atoms with Crippen LogP contribution in [0.3, 0.4) is 0 Å². The Morgan fingerprint density at radius 3 is 2.67 bits per heavy atom. The van der Waals surface area contributed by atoms with E-state index in [4.69, 9.17) is 4.74 Å². The summed E-state index contributed by atoms with van der Waals surface area (Å²) in [5.74, 6) is 1.94. The van der Waals surface area contributed by atoms with Crippen molar-refractivity contribution in [3.8, 4) is 5.88 Å². The zero-order valence-corrected chi connectivity index (χ0v) is 13.1. The average molecular weight is 316 g/mol. The van der Waals surface area contributed by atoms with E-state index < -0.39 is 0 Å². The van der Waals surface area contributed by atoms with Crippen molar-refractivity contribution >= 4 is 21.9 Å². The fraction of sp³-hybridized carbons (Fsp3) is 0.692. The van der Waals surface area contributed by atoms with Crippen molar-refractivity contribution in [2.24, 2.45) is 5.92 Å². The number of halogens is 1. The molecule has 0 aliphatic rings. The van der Waals surface area contributed by atoms with Crippen LogP contribution in [0.25, 0.3) is 0 Å². The molecule has 18 heavy (non-hydrogen) atoms. The Morgan fingerprint density at radius 1 is 1.33 bits per heavy atom. The van der Waals surface area contributed by atoms with Crippen LogP contribution in [0, 0.1) is 5.92 Å². The van der Waals surface area contributed by atoms with Crippen LogP contribution in [0.2, 0.25) is 0 Å². The van der Waals surface area contributed by atoms with Crippen LogP contribution < -0.4 is 10.1 Å². The zero-order valence-electron chi connectivity index (χ0n) is 11.5. The summed E-state index contributed by atoms with van der Waals surface area (Å²) in [6.45, 7) is 6.65. The lowest BCUT2D eigenvalue weighted by Gasteiger charge is -2.14. The average Bonchev–Trinajstić information content (AvgIpc) is 2.31. The fourth-order valence-electron chi connectivity index (χ4n) is 1.69. The minimum absolute atomic E-state index is 0.370. The highest BCUT2D eigenvalue weighted by molar-refractivity contribution is 9.10. The van der Waals surface area contributed by atoms with Gasteiger partial charge in [0.05, 0.1) is 17.8 Å². The third kappa shape index (κ3) is 5.21. The van der Waals surface area contributed by atoms with Crippen molar-refractivity contribution in [1.29, 1.82) is 0 Å². The molecule has 1 aromatic rings. The van der Waals surface area contributed by atoms with Gasteiger partial charge < -0.3 is 10.1 Å². The predicted molar refractivity (Wildman–Crippen MR) is 78.1 cm³/mol. The quantitative estimate of drug-likeness (QED) is 0.829. The molecule has 5 heteroatoms. The van der Waals surface area contributed by atoms with Gasteiger partial charge in [0.1, 0.15) is 0 Å². The molecule has 0 saturated carbocycles. The number of hydrogen-bond acceptors (Lipinski definition) is 4. The molecule has 0 bridgehead atoms. The highest BCUT2D eigenvalue weighted by Crippen LogP contribution is 2.22. The van der Waals surface area contributed by atoms with Crippen LogP contribution in [0.5, 0.6) is 5.88 Å². The highest BCUT2D eigenvalue weighted by Gasteiger charge is 2.08. The van der Waals surface area contributed by atoms with E-state index in [1.165, 1.54) is 12.8 Å². The summed E-state index contributed by atoms with van der Waals surface area (Å²) in [6, 6.07) is 0.370. The van der Waals surface area contributed by atoms with Crippen LogP contribution >= 0.6 is 15.9 Å². The largest absolute Gasteiger partial charge is 0.480 e. The van der Waals surface area contributed by atoms with Gasteiger partial charge in [-0.15, -0.1) is 0 Å². The van der Waals surface area contributed by atoms with E-state index in [0.717, 1.165) is 16.8 Å². The molecule has 102 valence electrons. The molecule has 1 heterocycles. The van der Waals surface area contributed by atoms with E-state index in [-0.39, 0.29) is 0 Å². The Morgan fingerprint density at radius 2 is 2.06 bits per heavy atom. The molecule has 1 aromatic heterocycles. The molecule has 0 aliphatic carbocycles. The molecule has 1 rings (SSSR count). The molecule has 0 saturated heterocycles. The first kappa shape index (κ1) is 15.2. The van der Waals surface area contributed by atoms with Crippen LogP contribution in [-0.4, -0.2) is 23.1 Å². The van der Waals surface area contributed by atoms with Gasteiger partial charge in [-0.25, -0.2) is 4.98 Å². The van der Waals surface area contributed by atoms with E-state index in [0.29, 0.717) is 17.9 Å². The molecule has 1 atom stereocenters. The van der Waals surface area contributed by atoms with Gasteiger partial charge in [0.25, 0.3) is 0 Å². The number of ether oxygens (including phenoxy) is 1. The Balaban J connectivity index is 2.46. The summed E-state index contributed by atoms with van der Waals surface area (Å²) >= 11 is 3.34. The van der Waals surface area contributed by atoms with Gasteiger partial charge in [-0.1, -0.05) is 26.7 Å². The Kier molecular flexibility index (Phi) is 6.39. The second-order valence-corrected chi connectivity index (χ2v) is 5.78. The van der Waals surface area contributed by atoms with Gasteiger partial charge in [-0.3, -0.25) is 0 Å². The Labute approximate surface area is 118 Å². The van der Waals surface area contributed by atoms with E-state index in [9.17, 15) is 0 Å². The molecule has 1 N–H and O–H groups in total. The molecule has 0 aliphatic heterocycles. The molecule has 0 radical (unpaired) electrons. The zero-order chi connectivity index (χ0) is 13.5. The topological polar surface area (TPSA) is 47.0 Å². The van der Waals surface area contributed by atoms with Gasteiger partial charge in [-0.05, 0) is 35.2 Å². The number of aromatic nitrogens is 2. The highest BCUT2D eigenvalue weighted by atomic mass is 79.9. The second kappa shape index (κ2) is 7.56. The maximum atomic E-state index is 5.14. The molecular weight excluding hydrogens is 294 g/mol. The van der Waals surface area contributed by atoms with Crippen molar-refractivity contribution in [1.82, 2.24) is 9.97 Å². The lowest BCUT2D eigenvalue weighted by Crippen LogP contribution is -2.17. The first-order valence-corrected chi connectivity index (χ1v) is 7.15. The fourth-order valence-corrected chi connectivity index (χ4v) is 2.04. The van der Waals surface area contributed by atoms with E-state index >= 15 is 0 Å². The lowest BCUT2D eigenvalue weighted by atomic mass is 10.0. The minimum atomic E-state index is 0.370. The van der Waals surface area contributed by atoms with Gasteiger partial charge in [0.2, 0.25) is 11.8 Å². The molecule has 0 fully saturated rings. The Bertz CT molecular complexity index is 371. The third-order valence-electron chi connectivity index (χ3n) is 2.70. The van der Waals surface area contributed by atoms with Crippen molar-refractivity contribution in [2.45, 2.75) is 46.1 Å². The number of hydrogen-bond donors (Lipinski definition) is 1. The van der Waals surface area contributed by atoms with Crippen molar-refractivity contribution in [3.05, 3.63) is 10.7 Å². The Hall–Kier alpha value is -0.840. The maximum absolute atomic E-state index is 5.14. The third-order valence-corrected chi connectivity index (χ3v) is 3.24. The normalized spacial score (nSPS) is 12.6. The summed E-state index contributed by atoms with van der Waals surface area (Å²) in [7, 11) is 1.60. The SMILES string of the molecule is COc1nc(NC(C)CCCC(C)C)ncc1Br. The minimum Gasteiger partial charge on any atom is -0.480 e. The van der Waals surface area contributed by atoms with Gasteiger partial charge >= 0.3 is 0 Å². The standard InChI is InChI=1S/C13H22BrN3O/c1-9(2)6-5-7-10(3)16-13-15-8-11(14)12(17-13)18-4/h8-10H,5-7H2,1-4H3,(H,15,16,17). The summed E-state index contributed by atoms with van der Waals surface area (Å²) in [5, 5.41) is 3.29. The monoisotopic (exact) mass is 315 g/mol. The smallest absolute Gasteiger partial charge is 0.232 e. The number of methoxy groups -OCH3 is 1. The molecule has 4 nitrogen and oxygen atoms in total. The van der Waals surface area contributed by atoms with Crippen molar-refractivity contribution in [2.75, 3.05) is 12.4 Å². The van der Waals surface area contributed by atoms with Crippen molar-refractivity contribution < 1.29 is 4.74 Å². The van der Waals surface area contributed by atoms with Gasteiger partial charge in [-0.2, -0.15) is 4.98 Å². The molecule has 1 unspecified atom stereocenters. The van der Waals surface area contributed by atoms with E-state index in [1.54, 1.807) is 13.3 Å². The molecule has 0 aromatic carbocycles. The van der Waals surface area contributed by atoms with Gasteiger partial charge in [0, 0.05) is 6.04 Å². The number of rotatable bonds is 7. The van der Waals surface area contributed by atoms with E-state index in [1.807, 2.05) is 0 Å². The molecule has 0 amide bonds. The van der Waals surface area contributed by atoms with E-state index in [2.05, 4.69) is 52.0 Å². The maximum Gasteiger partial charge on any atom is 0.232 e. The number of nitrogens with zero attached hydrogens (tertiary/aromatic N) is 2. The summed E-state index contributed by atoms with van der Waals surface area (Å²) < 4.78 is 5.91. The molecule has 0 spiro atoms.